The van der Waals surface area contributed by atoms with Crippen LogP contribution in [0.1, 0.15) is 57.9 Å². The van der Waals surface area contributed by atoms with Crippen LogP contribution in [0, 0.1) is 5.82 Å². The van der Waals surface area contributed by atoms with E-state index in [-0.39, 0.29) is 17.9 Å². The minimum atomic E-state index is -4.94. The summed E-state index contributed by atoms with van der Waals surface area (Å²) in [6, 6.07) is 15.1. The van der Waals surface area contributed by atoms with Gasteiger partial charge in [0.2, 0.25) is 0 Å². The molecule has 0 saturated heterocycles. The smallest absolute Gasteiger partial charge is 0.424 e. The number of hydrogen-bond acceptors (Lipinski definition) is 4. The number of carbonyl (C=O) groups is 1. The summed E-state index contributed by atoms with van der Waals surface area (Å²) in [4.78, 5) is 16.6. The van der Waals surface area contributed by atoms with E-state index in [0.29, 0.717) is 18.4 Å². The number of carbonyl (C=O) groups excluding carboxylic acids is 1. The fourth-order valence-electron chi connectivity index (χ4n) is 3.96. The van der Waals surface area contributed by atoms with Gasteiger partial charge in [0.15, 0.2) is 0 Å². The maximum atomic E-state index is 14.8. The van der Waals surface area contributed by atoms with E-state index in [1.165, 1.54) is 36.7 Å². The van der Waals surface area contributed by atoms with Crippen LogP contribution in [0.15, 0.2) is 60.8 Å². The van der Waals surface area contributed by atoms with Gasteiger partial charge in [0.05, 0.1) is 5.69 Å². The number of esters is 1. The average molecular weight is 532 g/mol. The van der Waals surface area contributed by atoms with Gasteiger partial charge in [0.25, 0.3) is 6.10 Å². The predicted molar refractivity (Wildman–Crippen MR) is 139 cm³/mol. The third-order valence-electron chi connectivity index (χ3n) is 6.10. The third kappa shape index (κ3) is 8.38. The summed E-state index contributed by atoms with van der Waals surface area (Å²) in [5.74, 6) is -2.73. The Morgan fingerprint density at radius 1 is 0.895 bits per heavy atom. The number of aromatic nitrogens is 1. The molecular formula is C30H33F4NO3. The molecule has 3 rings (SSSR count). The molecule has 0 fully saturated rings. The highest BCUT2D eigenvalue weighted by Crippen LogP contribution is 2.29. The molecule has 0 spiro atoms. The standard InChI is InChI=1S/C30H33F4NO3/c1-3-5-7-9-21-10-12-22(13-11-21)27-17-14-23(20-35-27)25-16-15-24(19-26(25)31)38-29(36)28(30(32,33)34)37-18-8-6-4-2/h10-17,19-20,28H,3-9,18H2,1-2H3. The van der Waals surface area contributed by atoms with Crippen molar-refractivity contribution in [1.29, 1.82) is 0 Å². The van der Waals surface area contributed by atoms with Gasteiger partial charge in [-0.05, 0) is 43.0 Å². The molecule has 3 aromatic rings. The average Bonchev–Trinajstić information content (AvgIpc) is 2.89. The second-order valence-corrected chi connectivity index (χ2v) is 9.15. The van der Waals surface area contributed by atoms with Gasteiger partial charge in [-0.1, -0.05) is 69.9 Å². The number of benzene rings is 2. The van der Waals surface area contributed by atoms with Crippen LogP contribution in [0.25, 0.3) is 22.4 Å². The van der Waals surface area contributed by atoms with Gasteiger partial charge in [0.1, 0.15) is 11.6 Å². The molecule has 38 heavy (non-hydrogen) atoms. The van der Waals surface area contributed by atoms with E-state index in [1.54, 1.807) is 12.1 Å². The number of pyridine rings is 1. The Morgan fingerprint density at radius 2 is 1.58 bits per heavy atom. The number of aryl methyl sites for hydroxylation is 1. The first-order valence-corrected chi connectivity index (χ1v) is 13.0. The van der Waals surface area contributed by atoms with Crippen LogP contribution in [-0.2, 0) is 16.0 Å². The normalized spacial score (nSPS) is 12.4. The summed E-state index contributed by atoms with van der Waals surface area (Å²) in [5, 5.41) is 0. The lowest BCUT2D eigenvalue weighted by atomic mass is 10.0. The third-order valence-corrected chi connectivity index (χ3v) is 6.10. The Kier molecular flexibility index (Phi) is 10.8. The number of halogens is 4. The van der Waals surface area contributed by atoms with E-state index >= 15 is 0 Å². The molecule has 2 aromatic carbocycles. The lowest BCUT2D eigenvalue weighted by molar-refractivity contribution is -0.225. The molecule has 8 heteroatoms. The van der Waals surface area contributed by atoms with Gasteiger partial charge < -0.3 is 9.47 Å². The topological polar surface area (TPSA) is 48.4 Å². The first-order valence-electron chi connectivity index (χ1n) is 13.0. The van der Waals surface area contributed by atoms with E-state index in [2.05, 4.69) is 24.0 Å². The van der Waals surface area contributed by atoms with E-state index in [4.69, 9.17) is 9.47 Å². The summed E-state index contributed by atoms with van der Waals surface area (Å²) in [6.45, 7) is 3.84. The molecule has 0 amide bonds. The number of hydrogen-bond donors (Lipinski definition) is 0. The first kappa shape index (κ1) is 29.3. The van der Waals surface area contributed by atoms with Gasteiger partial charge in [0, 0.05) is 35.6 Å². The zero-order valence-corrected chi connectivity index (χ0v) is 21.7. The highest BCUT2D eigenvalue weighted by molar-refractivity contribution is 5.78. The molecule has 0 bridgehead atoms. The highest BCUT2D eigenvalue weighted by Gasteiger charge is 2.47. The molecule has 0 radical (unpaired) electrons. The van der Waals surface area contributed by atoms with Crippen molar-refractivity contribution >= 4 is 5.97 Å². The molecule has 1 aromatic heterocycles. The van der Waals surface area contributed by atoms with Crippen LogP contribution in [0.2, 0.25) is 0 Å². The summed E-state index contributed by atoms with van der Waals surface area (Å²) < 4.78 is 64.2. The van der Waals surface area contributed by atoms with Crippen molar-refractivity contribution < 1.29 is 31.8 Å². The lowest BCUT2D eigenvalue weighted by Gasteiger charge is -2.19. The molecule has 0 aliphatic carbocycles. The Balaban J connectivity index is 1.66. The highest BCUT2D eigenvalue weighted by atomic mass is 19.4. The van der Waals surface area contributed by atoms with Crippen molar-refractivity contribution in [2.45, 2.75) is 71.1 Å². The van der Waals surface area contributed by atoms with Crippen molar-refractivity contribution in [3.63, 3.8) is 0 Å². The number of ether oxygens (including phenoxy) is 2. The first-order chi connectivity index (χ1) is 18.2. The fourth-order valence-corrected chi connectivity index (χ4v) is 3.96. The van der Waals surface area contributed by atoms with E-state index in [1.807, 2.05) is 19.1 Å². The molecule has 1 heterocycles. The molecule has 204 valence electrons. The van der Waals surface area contributed by atoms with Gasteiger partial charge in [-0.3, -0.25) is 4.98 Å². The van der Waals surface area contributed by atoms with E-state index in [0.717, 1.165) is 36.6 Å². The predicted octanol–water partition coefficient (Wildman–Crippen LogP) is 8.33. The minimum Gasteiger partial charge on any atom is -0.424 e. The van der Waals surface area contributed by atoms with E-state index in [9.17, 15) is 22.4 Å². The number of alkyl halides is 3. The van der Waals surface area contributed by atoms with Crippen molar-refractivity contribution in [2.24, 2.45) is 0 Å². The van der Waals surface area contributed by atoms with Crippen LogP contribution in [0.4, 0.5) is 17.6 Å². The maximum absolute atomic E-state index is 14.8. The Morgan fingerprint density at radius 3 is 2.18 bits per heavy atom. The van der Waals surface area contributed by atoms with Crippen LogP contribution >= 0.6 is 0 Å². The summed E-state index contributed by atoms with van der Waals surface area (Å²) in [5.41, 5.74) is 3.60. The molecular weight excluding hydrogens is 498 g/mol. The van der Waals surface area contributed by atoms with Crippen LogP contribution in [0.5, 0.6) is 5.75 Å². The SMILES string of the molecule is CCCCCOC(C(=O)Oc1ccc(-c2ccc(-c3ccc(CCCCC)cc3)nc2)c(F)c1)C(F)(F)F. The van der Waals surface area contributed by atoms with Gasteiger partial charge in [-0.15, -0.1) is 0 Å². The maximum Gasteiger partial charge on any atom is 0.425 e. The molecule has 0 aliphatic heterocycles. The zero-order valence-electron chi connectivity index (χ0n) is 21.7. The molecule has 0 aliphatic rings. The zero-order chi connectivity index (χ0) is 27.5. The lowest BCUT2D eigenvalue weighted by Crippen LogP contribution is -2.42. The van der Waals surface area contributed by atoms with Gasteiger partial charge in [-0.25, -0.2) is 9.18 Å². The summed E-state index contributed by atoms with van der Waals surface area (Å²) in [6.07, 6.45) is 0.274. The molecule has 0 N–H and O–H groups in total. The minimum absolute atomic E-state index is 0.179. The quantitative estimate of drug-likeness (QED) is 0.0963. The van der Waals surface area contributed by atoms with E-state index < -0.39 is 24.1 Å². The van der Waals surface area contributed by atoms with Crippen LogP contribution < -0.4 is 4.74 Å². The van der Waals surface area contributed by atoms with Crippen molar-refractivity contribution in [1.82, 2.24) is 4.98 Å². The summed E-state index contributed by atoms with van der Waals surface area (Å²) >= 11 is 0. The van der Waals surface area contributed by atoms with Crippen LogP contribution in [0.3, 0.4) is 0 Å². The summed E-state index contributed by atoms with van der Waals surface area (Å²) in [7, 11) is 0. The van der Waals surface area contributed by atoms with Crippen LogP contribution in [-0.4, -0.2) is 29.8 Å². The number of unbranched alkanes of at least 4 members (excludes halogenated alkanes) is 4. The molecule has 4 nitrogen and oxygen atoms in total. The Labute approximate surface area is 221 Å². The molecule has 0 saturated carbocycles. The number of rotatable bonds is 13. The van der Waals surface area contributed by atoms with Crippen molar-refractivity contribution in [3.05, 3.63) is 72.2 Å². The monoisotopic (exact) mass is 531 g/mol. The Bertz CT molecular complexity index is 1160. The molecule has 1 unspecified atom stereocenters. The Hall–Kier alpha value is -3.26. The second kappa shape index (κ2) is 14.0. The molecule has 1 atom stereocenters. The van der Waals surface area contributed by atoms with Crippen molar-refractivity contribution in [3.8, 4) is 28.1 Å². The fraction of sp³-hybridized carbons (Fsp3) is 0.400. The van der Waals surface area contributed by atoms with Gasteiger partial charge >= 0.3 is 12.1 Å². The van der Waals surface area contributed by atoms with Crippen molar-refractivity contribution in [2.75, 3.05) is 6.61 Å². The van der Waals surface area contributed by atoms with Gasteiger partial charge in [-0.2, -0.15) is 13.2 Å². The number of nitrogens with zero attached hydrogens (tertiary/aromatic N) is 1. The largest absolute Gasteiger partial charge is 0.425 e. The second-order valence-electron chi connectivity index (χ2n) is 9.15.